The van der Waals surface area contributed by atoms with E-state index < -0.39 is 6.04 Å². The topological polar surface area (TPSA) is 117 Å². The monoisotopic (exact) mass is 484 g/mol. The molecule has 4 rings (SSSR count). The van der Waals surface area contributed by atoms with Gasteiger partial charge in [0.25, 0.3) is 0 Å². The van der Waals surface area contributed by atoms with Crippen LogP contribution in [0.1, 0.15) is 79.8 Å². The van der Waals surface area contributed by atoms with Crippen LogP contribution in [0.4, 0.5) is 5.95 Å². The maximum Gasteiger partial charge on any atom is 0.245 e. The maximum atomic E-state index is 13.5. The fraction of sp³-hybridized carbons (Fsp3) is 0.720. The molecule has 3 unspecified atom stereocenters. The van der Waals surface area contributed by atoms with Gasteiger partial charge < -0.3 is 20.9 Å². The molecule has 10 heteroatoms. The Hall–Kier alpha value is -2.75. The lowest BCUT2D eigenvalue weighted by molar-refractivity contribution is -0.132. The molecular formula is C25H40N8O2. The first-order valence-electron chi connectivity index (χ1n) is 12.6. The van der Waals surface area contributed by atoms with Gasteiger partial charge >= 0.3 is 0 Å². The molecule has 0 spiro atoms. The Labute approximate surface area is 207 Å². The molecule has 2 fully saturated rings. The van der Waals surface area contributed by atoms with Crippen molar-refractivity contribution in [3.8, 4) is 0 Å². The zero-order chi connectivity index (χ0) is 25.5. The van der Waals surface area contributed by atoms with E-state index in [1.165, 1.54) is 6.33 Å². The highest BCUT2D eigenvalue weighted by Gasteiger charge is 2.42. The SMILES string of the molecule is CC(=O)NC1CC(NC(C)(C)C)CCC1N1CC[C@H](Nc2ncnc3cc(C(C)(C)C)nn23)C1=O. The summed E-state index contributed by atoms with van der Waals surface area (Å²) >= 11 is 0. The van der Waals surface area contributed by atoms with Gasteiger partial charge in [0, 0.05) is 36.5 Å². The summed E-state index contributed by atoms with van der Waals surface area (Å²) in [6.45, 7) is 15.0. The maximum absolute atomic E-state index is 13.5. The standard InChI is InChI=1S/C25H40N8O2/c1-15(34)28-18-12-16(30-25(5,6)7)8-9-19(18)32-11-10-17(22(32)35)29-23-27-14-26-21-13-20(24(2,3)4)31-33(21)23/h13-14,16-19,30H,8-12H2,1-7H3,(H,28,34)(H,26,27,29)/t16?,17-,18?,19?/m0/s1. The van der Waals surface area contributed by atoms with Crippen molar-refractivity contribution in [2.45, 2.75) is 109 Å². The molecule has 3 N–H and O–H groups in total. The minimum atomic E-state index is -0.390. The lowest BCUT2D eigenvalue weighted by Crippen LogP contribution is -2.59. The van der Waals surface area contributed by atoms with Crippen molar-refractivity contribution >= 4 is 23.4 Å². The van der Waals surface area contributed by atoms with Crippen molar-refractivity contribution in [2.75, 3.05) is 11.9 Å². The van der Waals surface area contributed by atoms with E-state index in [0.717, 1.165) is 25.0 Å². The molecule has 4 atom stereocenters. The van der Waals surface area contributed by atoms with Crippen LogP contribution in [-0.2, 0) is 15.0 Å². The van der Waals surface area contributed by atoms with Gasteiger partial charge in [-0.05, 0) is 46.5 Å². The number of nitrogens with zero attached hydrogens (tertiary/aromatic N) is 5. The molecule has 0 aromatic carbocycles. The van der Waals surface area contributed by atoms with Crippen LogP contribution in [0, 0.1) is 0 Å². The van der Waals surface area contributed by atoms with Crippen LogP contribution in [0.2, 0.25) is 0 Å². The lowest BCUT2D eigenvalue weighted by atomic mass is 9.84. The summed E-state index contributed by atoms with van der Waals surface area (Å²) in [5.41, 5.74) is 1.49. The Morgan fingerprint density at radius 2 is 1.83 bits per heavy atom. The van der Waals surface area contributed by atoms with Crippen molar-refractivity contribution in [1.82, 2.24) is 35.1 Å². The molecule has 2 aromatic heterocycles. The second kappa shape index (κ2) is 9.37. The number of anilines is 1. The average Bonchev–Trinajstić information content (AvgIpc) is 3.32. The zero-order valence-electron chi connectivity index (χ0n) is 22.1. The molecule has 1 saturated heterocycles. The van der Waals surface area contributed by atoms with Crippen LogP contribution in [0.25, 0.3) is 5.65 Å². The molecule has 1 saturated carbocycles. The van der Waals surface area contributed by atoms with Gasteiger partial charge in [-0.15, -0.1) is 0 Å². The highest BCUT2D eigenvalue weighted by molar-refractivity contribution is 5.87. The number of hydrogen-bond acceptors (Lipinski definition) is 7. The Kier molecular flexibility index (Phi) is 6.78. The minimum absolute atomic E-state index is 0.00100. The van der Waals surface area contributed by atoms with Crippen molar-refractivity contribution in [2.24, 2.45) is 0 Å². The third-order valence-electron chi connectivity index (χ3n) is 6.81. The Morgan fingerprint density at radius 3 is 2.49 bits per heavy atom. The zero-order valence-corrected chi connectivity index (χ0v) is 22.1. The Morgan fingerprint density at radius 1 is 1.09 bits per heavy atom. The molecule has 1 aliphatic heterocycles. The smallest absolute Gasteiger partial charge is 0.245 e. The van der Waals surface area contributed by atoms with Gasteiger partial charge in [-0.25, -0.2) is 9.97 Å². The first kappa shape index (κ1) is 25.3. The molecule has 2 aliphatic rings. The van der Waals surface area contributed by atoms with Gasteiger partial charge in [-0.1, -0.05) is 20.8 Å². The molecule has 35 heavy (non-hydrogen) atoms. The number of carbonyl (C=O) groups is 2. The predicted octanol–water partition coefficient (Wildman–Crippen LogP) is 2.25. The molecule has 1 aliphatic carbocycles. The van der Waals surface area contributed by atoms with Crippen LogP contribution in [-0.4, -0.2) is 72.5 Å². The van der Waals surface area contributed by atoms with Gasteiger partial charge in [0.15, 0.2) is 5.65 Å². The van der Waals surface area contributed by atoms with Crippen molar-refractivity contribution in [3.63, 3.8) is 0 Å². The quantitative estimate of drug-likeness (QED) is 0.596. The summed E-state index contributed by atoms with van der Waals surface area (Å²) in [4.78, 5) is 36.2. The van der Waals surface area contributed by atoms with Gasteiger partial charge in [0.2, 0.25) is 17.8 Å². The molecule has 3 heterocycles. The largest absolute Gasteiger partial charge is 0.351 e. The molecule has 2 amide bonds. The van der Waals surface area contributed by atoms with Crippen LogP contribution in [0.15, 0.2) is 12.4 Å². The minimum Gasteiger partial charge on any atom is -0.351 e. The van der Waals surface area contributed by atoms with E-state index in [9.17, 15) is 9.59 Å². The van der Waals surface area contributed by atoms with E-state index in [1.54, 1.807) is 11.4 Å². The van der Waals surface area contributed by atoms with Crippen LogP contribution < -0.4 is 16.0 Å². The molecule has 0 bridgehead atoms. The average molecular weight is 485 g/mol. The van der Waals surface area contributed by atoms with Gasteiger partial charge in [-0.2, -0.15) is 9.61 Å². The van der Waals surface area contributed by atoms with Gasteiger partial charge in [-0.3, -0.25) is 9.59 Å². The number of fused-ring (bicyclic) bond motifs is 1. The van der Waals surface area contributed by atoms with Crippen molar-refractivity contribution in [1.29, 1.82) is 0 Å². The number of likely N-dealkylation sites (tertiary alicyclic amines) is 1. The summed E-state index contributed by atoms with van der Waals surface area (Å²) in [7, 11) is 0. The summed E-state index contributed by atoms with van der Waals surface area (Å²) in [6.07, 6.45) is 4.79. The third kappa shape index (κ3) is 5.74. The number of amides is 2. The van der Waals surface area contributed by atoms with E-state index in [4.69, 9.17) is 5.10 Å². The lowest BCUT2D eigenvalue weighted by Gasteiger charge is -2.43. The van der Waals surface area contributed by atoms with E-state index in [0.29, 0.717) is 30.6 Å². The summed E-state index contributed by atoms with van der Waals surface area (Å²) < 4.78 is 1.68. The Bertz CT molecular complexity index is 1080. The normalized spacial score (nSPS) is 25.8. The van der Waals surface area contributed by atoms with Crippen molar-refractivity contribution in [3.05, 3.63) is 18.1 Å². The van der Waals surface area contributed by atoms with E-state index in [2.05, 4.69) is 67.5 Å². The highest BCUT2D eigenvalue weighted by atomic mass is 16.2. The number of rotatable bonds is 5. The van der Waals surface area contributed by atoms with Crippen LogP contribution in [0.5, 0.6) is 0 Å². The summed E-state index contributed by atoms with van der Waals surface area (Å²) in [6, 6.07) is 1.78. The fourth-order valence-electron chi connectivity index (χ4n) is 5.29. The molecule has 0 radical (unpaired) electrons. The van der Waals surface area contributed by atoms with E-state index in [-0.39, 0.29) is 34.9 Å². The molecular weight excluding hydrogens is 444 g/mol. The fourth-order valence-corrected chi connectivity index (χ4v) is 5.29. The van der Waals surface area contributed by atoms with Crippen LogP contribution >= 0.6 is 0 Å². The summed E-state index contributed by atoms with van der Waals surface area (Å²) in [5, 5.41) is 14.8. The predicted molar refractivity (Wildman–Crippen MR) is 135 cm³/mol. The van der Waals surface area contributed by atoms with E-state index in [1.807, 2.05) is 11.0 Å². The number of hydrogen-bond donors (Lipinski definition) is 3. The van der Waals surface area contributed by atoms with Crippen LogP contribution in [0.3, 0.4) is 0 Å². The third-order valence-corrected chi connectivity index (χ3v) is 6.81. The molecule has 10 nitrogen and oxygen atoms in total. The van der Waals surface area contributed by atoms with Crippen molar-refractivity contribution < 1.29 is 9.59 Å². The second-order valence-electron chi connectivity index (χ2n) is 12.0. The first-order chi connectivity index (χ1) is 16.3. The first-order valence-corrected chi connectivity index (χ1v) is 12.6. The molecule has 2 aromatic rings. The molecule has 192 valence electrons. The summed E-state index contributed by atoms with van der Waals surface area (Å²) in [5.74, 6) is 0.499. The van der Waals surface area contributed by atoms with Gasteiger partial charge in [0.1, 0.15) is 12.4 Å². The Balaban J connectivity index is 1.49. The number of nitrogens with one attached hydrogen (secondary N) is 3. The number of aromatic nitrogens is 4. The highest BCUT2D eigenvalue weighted by Crippen LogP contribution is 2.30. The number of carbonyl (C=O) groups excluding carboxylic acids is 2. The van der Waals surface area contributed by atoms with Gasteiger partial charge in [0.05, 0.1) is 17.8 Å². The second-order valence-corrected chi connectivity index (χ2v) is 12.0. The van der Waals surface area contributed by atoms with E-state index >= 15 is 0 Å².